The predicted octanol–water partition coefficient (Wildman–Crippen LogP) is 2.33. The van der Waals surface area contributed by atoms with Crippen molar-refractivity contribution in [2.75, 3.05) is 0 Å². The summed E-state index contributed by atoms with van der Waals surface area (Å²) in [6.07, 6.45) is 1.91. The lowest BCUT2D eigenvalue weighted by Gasteiger charge is -2.02. The molecule has 7 nitrogen and oxygen atoms in total. The van der Waals surface area contributed by atoms with Crippen molar-refractivity contribution in [3.05, 3.63) is 39.7 Å². The molecule has 9 heteroatoms. The summed E-state index contributed by atoms with van der Waals surface area (Å²) in [6, 6.07) is 0.717. The minimum atomic E-state index is -1.32. The number of halogens is 2. The maximum atomic E-state index is 13.3. The summed E-state index contributed by atoms with van der Waals surface area (Å²) < 4.78 is 31.3. The van der Waals surface area contributed by atoms with Gasteiger partial charge in [0.05, 0.1) is 17.0 Å². The SMILES string of the molecule is NC(c1noc(-c2cc(F)c(F)cc2[N+](=O)[O-])n1)C1CC1. The molecule has 1 atom stereocenters. The van der Waals surface area contributed by atoms with Crippen LogP contribution in [0.25, 0.3) is 11.5 Å². The molecular weight excluding hydrogens is 286 g/mol. The van der Waals surface area contributed by atoms with Crippen LogP contribution in [0.15, 0.2) is 16.7 Å². The van der Waals surface area contributed by atoms with Crippen molar-refractivity contribution < 1.29 is 18.2 Å². The summed E-state index contributed by atoms with van der Waals surface area (Å²) in [7, 11) is 0. The van der Waals surface area contributed by atoms with E-state index in [1.807, 2.05) is 0 Å². The summed E-state index contributed by atoms with van der Waals surface area (Å²) in [4.78, 5) is 14.0. The molecule has 1 aliphatic carbocycles. The molecule has 0 aliphatic heterocycles. The zero-order valence-electron chi connectivity index (χ0n) is 10.6. The lowest BCUT2D eigenvalue weighted by molar-refractivity contribution is -0.384. The van der Waals surface area contributed by atoms with Gasteiger partial charge in [-0.05, 0) is 24.8 Å². The second kappa shape index (κ2) is 4.85. The first-order valence-electron chi connectivity index (χ1n) is 6.20. The quantitative estimate of drug-likeness (QED) is 0.685. The molecule has 1 heterocycles. The Hall–Kier alpha value is -2.42. The number of nitro benzene ring substituents is 1. The summed E-state index contributed by atoms with van der Waals surface area (Å²) in [5, 5.41) is 14.6. The van der Waals surface area contributed by atoms with Crippen molar-refractivity contribution in [2.24, 2.45) is 11.7 Å². The van der Waals surface area contributed by atoms with E-state index in [0.717, 1.165) is 12.8 Å². The third-order valence-corrected chi connectivity index (χ3v) is 3.34. The van der Waals surface area contributed by atoms with Crippen LogP contribution in [-0.4, -0.2) is 15.1 Å². The second-order valence-electron chi connectivity index (χ2n) is 4.86. The highest BCUT2D eigenvalue weighted by molar-refractivity contribution is 5.66. The Morgan fingerprint density at radius 2 is 2.05 bits per heavy atom. The van der Waals surface area contributed by atoms with Crippen LogP contribution in [0.5, 0.6) is 0 Å². The fraction of sp³-hybridized carbons (Fsp3) is 0.333. The van der Waals surface area contributed by atoms with Gasteiger partial charge in [0.25, 0.3) is 11.6 Å². The summed E-state index contributed by atoms with van der Waals surface area (Å²) in [5.41, 5.74) is 4.96. The molecule has 110 valence electrons. The fourth-order valence-corrected chi connectivity index (χ4v) is 2.00. The molecule has 1 aromatic heterocycles. The van der Waals surface area contributed by atoms with Gasteiger partial charge in [0.15, 0.2) is 17.5 Å². The van der Waals surface area contributed by atoms with E-state index in [-0.39, 0.29) is 23.2 Å². The molecule has 2 N–H and O–H groups in total. The van der Waals surface area contributed by atoms with Gasteiger partial charge in [-0.2, -0.15) is 4.98 Å². The molecule has 1 aromatic carbocycles. The molecule has 1 aliphatic rings. The highest BCUT2D eigenvalue weighted by Crippen LogP contribution is 2.39. The molecule has 1 unspecified atom stereocenters. The maximum Gasteiger partial charge on any atom is 0.285 e. The molecule has 0 radical (unpaired) electrons. The van der Waals surface area contributed by atoms with Crippen LogP contribution in [0.3, 0.4) is 0 Å². The van der Waals surface area contributed by atoms with Gasteiger partial charge in [-0.15, -0.1) is 0 Å². The standard InChI is InChI=1S/C12H10F2N4O3/c13-7-3-6(9(18(19)20)4-8(7)14)12-16-11(17-21-12)10(15)5-1-2-5/h3-5,10H,1-2,15H2. The number of nitrogens with two attached hydrogens (primary N) is 1. The van der Waals surface area contributed by atoms with E-state index >= 15 is 0 Å². The van der Waals surface area contributed by atoms with E-state index in [0.29, 0.717) is 12.1 Å². The van der Waals surface area contributed by atoms with Crippen molar-refractivity contribution >= 4 is 5.69 Å². The maximum absolute atomic E-state index is 13.3. The third kappa shape index (κ3) is 2.47. The number of hydrogen-bond acceptors (Lipinski definition) is 6. The first kappa shape index (κ1) is 13.6. The van der Waals surface area contributed by atoms with Gasteiger partial charge in [0.1, 0.15) is 5.56 Å². The van der Waals surface area contributed by atoms with E-state index in [1.54, 1.807) is 0 Å². The zero-order valence-corrected chi connectivity index (χ0v) is 10.6. The predicted molar refractivity (Wildman–Crippen MR) is 66.0 cm³/mol. The Morgan fingerprint density at radius 1 is 1.38 bits per heavy atom. The lowest BCUT2D eigenvalue weighted by Crippen LogP contribution is -2.13. The highest BCUT2D eigenvalue weighted by Gasteiger charge is 2.33. The van der Waals surface area contributed by atoms with Crippen LogP contribution in [0.4, 0.5) is 14.5 Å². The average molecular weight is 296 g/mol. The van der Waals surface area contributed by atoms with Gasteiger partial charge in [-0.3, -0.25) is 10.1 Å². The second-order valence-corrected chi connectivity index (χ2v) is 4.86. The number of rotatable bonds is 4. The van der Waals surface area contributed by atoms with Crippen LogP contribution in [0, 0.1) is 27.7 Å². The first-order valence-corrected chi connectivity index (χ1v) is 6.20. The lowest BCUT2D eigenvalue weighted by atomic mass is 10.1. The van der Waals surface area contributed by atoms with E-state index < -0.39 is 28.3 Å². The molecular formula is C12H10F2N4O3. The molecule has 0 bridgehead atoms. The Bertz CT molecular complexity index is 715. The normalized spacial score (nSPS) is 16.0. The van der Waals surface area contributed by atoms with Crippen molar-refractivity contribution in [3.63, 3.8) is 0 Å². The van der Waals surface area contributed by atoms with Crippen LogP contribution < -0.4 is 5.73 Å². The van der Waals surface area contributed by atoms with E-state index in [9.17, 15) is 18.9 Å². The Kier molecular flexibility index (Phi) is 3.13. The Morgan fingerprint density at radius 3 is 2.67 bits per heavy atom. The van der Waals surface area contributed by atoms with Crippen LogP contribution in [0.2, 0.25) is 0 Å². The Balaban J connectivity index is 2.03. The number of nitro groups is 1. The average Bonchev–Trinajstić information content (AvgIpc) is 3.17. The molecule has 1 fully saturated rings. The monoisotopic (exact) mass is 296 g/mol. The molecule has 0 spiro atoms. The molecule has 0 amide bonds. The van der Waals surface area contributed by atoms with Gasteiger partial charge in [-0.1, -0.05) is 5.16 Å². The summed E-state index contributed by atoms with van der Waals surface area (Å²) in [5.74, 6) is -2.35. The largest absolute Gasteiger partial charge is 0.334 e. The first-order chi connectivity index (χ1) is 9.97. The fourth-order valence-electron chi connectivity index (χ4n) is 2.00. The molecule has 2 aromatic rings. The van der Waals surface area contributed by atoms with Crippen molar-refractivity contribution in [1.29, 1.82) is 0 Å². The summed E-state index contributed by atoms with van der Waals surface area (Å²) >= 11 is 0. The van der Waals surface area contributed by atoms with Crippen molar-refractivity contribution in [3.8, 4) is 11.5 Å². The number of nitrogens with zero attached hydrogens (tertiary/aromatic N) is 3. The number of benzene rings is 1. The zero-order chi connectivity index (χ0) is 15.1. The number of hydrogen-bond donors (Lipinski definition) is 1. The van der Waals surface area contributed by atoms with Crippen LogP contribution >= 0.6 is 0 Å². The van der Waals surface area contributed by atoms with Crippen LogP contribution in [0.1, 0.15) is 24.7 Å². The van der Waals surface area contributed by atoms with Gasteiger partial charge in [0.2, 0.25) is 0 Å². The minimum absolute atomic E-state index is 0.200. The highest BCUT2D eigenvalue weighted by atomic mass is 19.2. The van der Waals surface area contributed by atoms with Gasteiger partial charge in [-0.25, -0.2) is 8.78 Å². The molecule has 1 saturated carbocycles. The molecule has 3 rings (SSSR count). The van der Waals surface area contributed by atoms with Gasteiger partial charge >= 0.3 is 0 Å². The van der Waals surface area contributed by atoms with Gasteiger partial charge in [0, 0.05) is 0 Å². The Labute approximate surface area is 116 Å². The summed E-state index contributed by atoms with van der Waals surface area (Å²) in [6.45, 7) is 0. The van der Waals surface area contributed by atoms with Crippen molar-refractivity contribution in [2.45, 2.75) is 18.9 Å². The smallest absolute Gasteiger partial charge is 0.285 e. The van der Waals surface area contributed by atoms with E-state index in [1.165, 1.54) is 0 Å². The van der Waals surface area contributed by atoms with E-state index in [2.05, 4.69) is 10.1 Å². The third-order valence-electron chi connectivity index (χ3n) is 3.34. The van der Waals surface area contributed by atoms with E-state index in [4.69, 9.17) is 10.3 Å². The van der Waals surface area contributed by atoms with Crippen LogP contribution in [-0.2, 0) is 0 Å². The minimum Gasteiger partial charge on any atom is -0.334 e. The number of aromatic nitrogens is 2. The topological polar surface area (TPSA) is 108 Å². The van der Waals surface area contributed by atoms with Gasteiger partial charge < -0.3 is 10.3 Å². The molecule has 21 heavy (non-hydrogen) atoms. The molecule has 0 saturated heterocycles. The van der Waals surface area contributed by atoms with Crippen molar-refractivity contribution in [1.82, 2.24) is 10.1 Å².